The summed E-state index contributed by atoms with van der Waals surface area (Å²) < 4.78 is 43.8. The van der Waals surface area contributed by atoms with Crippen LogP contribution in [-0.4, -0.2) is 40.2 Å². The summed E-state index contributed by atoms with van der Waals surface area (Å²) in [5.74, 6) is -2.33. The molecule has 27 heavy (non-hydrogen) atoms. The number of benzene rings is 1. The Morgan fingerprint density at radius 3 is 2.33 bits per heavy atom. The van der Waals surface area contributed by atoms with Crippen LogP contribution in [0.15, 0.2) is 24.3 Å². The summed E-state index contributed by atoms with van der Waals surface area (Å²) in [6.07, 6.45) is -5.11. The van der Waals surface area contributed by atoms with Crippen molar-refractivity contribution in [2.24, 2.45) is 5.41 Å². The van der Waals surface area contributed by atoms with Crippen molar-refractivity contribution in [3.05, 3.63) is 29.8 Å². The fourth-order valence-electron chi connectivity index (χ4n) is 2.78. The van der Waals surface area contributed by atoms with Crippen LogP contribution >= 0.6 is 0 Å². The van der Waals surface area contributed by atoms with E-state index in [1.807, 2.05) is 32.9 Å². The fourth-order valence-corrected chi connectivity index (χ4v) is 2.78. The number of nitrogens with zero attached hydrogens (tertiary/aromatic N) is 3. The van der Waals surface area contributed by atoms with Crippen LogP contribution in [0, 0.1) is 5.41 Å². The fraction of sp³-hybridized carbons (Fsp3) is 0.500. The Kier molecular flexibility index (Phi) is 4.98. The van der Waals surface area contributed by atoms with Gasteiger partial charge in [0.15, 0.2) is 0 Å². The number of alkyl halides is 3. The molecule has 1 N–H and O–H groups in total. The van der Waals surface area contributed by atoms with E-state index in [0.29, 0.717) is 18.0 Å². The van der Waals surface area contributed by atoms with Gasteiger partial charge < -0.3 is 10.1 Å². The standard InChI is InChI=1S/C18H21F3N4O2/c1-17(2,3)10-25-14(15(23-24-25)27-16(26)18(19,20)21)12-6-4-11(5-7-12)13-8-22-9-13/h4-7,13,22H,8-10H2,1-3H3. The molecule has 0 amide bonds. The van der Waals surface area contributed by atoms with Gasteiger partial charge in [0, 0.05) is 31.1 Å². The molecule has 0 bridgehead atoms. The molecular weight excluding hydrogens is 361 g/mol. The van der Waals surface area contributed by atoms with Gasteiger partial charge in [-0.15, -0.1) is 0 Å². The second-order valence-electron chi connectivity index (χ2n) is 7.83. The first-order chi connectivity index (χ1) is 12.5. The highest BCUT2D eigenvalue weighted by atomic mass is 19.4. The molecule has 2 heterocycles. The number of carbonyl (C=O) groups is 1. The second kappa shape index (κ2) is 6.95. The molecule has 1 aromatic heterocycles. The van der Waals surface area contributed by atoms with E-state index in [4.69, 9.17) is 0 Å². The topological polar surface area (TPSA) is 69.0 Å². The van der Waals surface area contributed by atoms with Crippen molar-refractivity contribution in [1.82, 2.24) is 20.3 Å². The molecule has 1 aliphatic rings. The van der Waals surface area contributed by atoms with Crippen molar-refractivity contribution in [2.75, 3.05) is 13.1 Å². The second-order valence-corrected chi connectivity index (χ2v) is 7.83. The molecule has 6 nitrogen and oxygen atoms in total. The molecule has 146 valence electrons. The van der Waals surface area contributed by atoms with Crippen LogP contribution in [0.5, 0.6) is 5.88 Å². The number of esters is 1. The zero-order chi connectivity index (χ0) is 19.8. The van der Waals surface area contributed by atoms with E-state index in [2.05, 4.69) is 20.4 Å². The van der Waals surface area contributed by atoms with E-state index in [0.717, 1.165) is 18.7 Å². The van der Waals surface area contributed by atoms with Crippen molar-refractivity contribution >= 4 is 5.97 Å². The average Bonchev–Trinajstić information content (AvgIpc) is 2.86. The largest absolute Gasteiger partial charge is 0.491 e. The molecule has 1 saturated heterocycles. The lowest BCUT2D eigenvalue weighted by atomic mass is 9.92. The van der Waals surface area contributed by atoms with Crippen molar-refractivity contribution < 1.29 is 22.7 Å². The molecule has 0 spiro atoms. The monoisotopic (exact) mass is 382 g/mol. The number of hydrogen-bond acceptors (Lipinski definition) is 5. The van der Waals surface area contributed by atoms with E-state index < -0.39 is 18.0 Å². The predicted molar refractivity (Wildman–Crippen MR) is 92.2 cm³/mol. The number of carbonyl (C=O) groups excluding carboxylic acids is 1. The Balaban J connectivity index is 1.96. The van der Waals surface area contributed by atoms with Crippen molar-refractivity contribution in [1.29, 1.82) is 0 Å². The maximum atomic E-state index is 12.6. The van der Waals surface area contributed by atoms with Crippen molar-refractivity contribution in [2.45, 2.75) is 39.4 Å². The molecule has 0 aliphatic carbocycles. The van der Waals surface area contributed by atoms with Gasteiger partial charge in [-0.1, -0.05) is 55.3 Å². The van der Waals surface area contributed by atoms with Gasteiger partial charge in [-0.2, -0.15) is 13.2 Å². The summed E-state index contributed by atoms with van der Waals surface area (Å²) in [5, 5.41) is 10.8. The Morgan fingerprint density at radius 2 is 1.85 bits per heavy atom. The van der Waals surface area contributed by atoms with E-state index >= 15 is 0 Å². The molecule has 9 heteroatoms. The zero-order valence-corrected chi connectivity index (χ0v) is 15.3. The minimum Gasteiger partial charge on any atom is -0.397 e. The Labute approximate surface area is 154 Å². The lowest BCUT2D eigenvalue weighted by Crippen LogP contribution is -2.39. The maximum absolute atomic E-state index is 12.6. The van der Waals surface area contributed by atoms with E-state index in [-0.39, 0.29) is 11.1 Å². The number of rotatable bonds is 4. The summed E-state index contributed by atoms with van der Waals surface area (Å²) in [4.78, 5) is 11.3. The molecule has 3 rings (SSSR count). The molecule has 1 aliphatic heterocycles. The van der Waals surface area contributed by atoms with E-state index in [1.165, 1.54) is 4.68 Å². The summed E-state index contributed by atoms with van der Waals surface area (Å²) >= 11 is 0. The van der Waals surface area contributed by atoms with Crippen LogP contribution in [0.25, 0.3) is 11.3 Å². The van der Waals surface area contributed by atoms with Gasteiger partial charge in [0.1, 0.15) is 5.69 Å². The maximum Gasteiger partial charge on any atom is 0.491 e. The molecule has 0 radical (unpaired) electrons. The Bertz CT molecular complexity index is 819. The first-order valence-corrected chi connectivity index (χ1v) is 8.58. The molecule has 0 atom stereocenters. The van der Waals surface area contributed by atoms with E-state index in [9.17, 15) is 18.0 Å². The third-order valence-corrected chi connectivity index (χ3v) is 4.19. The van der Waals surface area contributed by atoms with Gasteiger partial charge in [0.25, 0.3) is 5.88 Å². The van der Waals surface area contributed by atoms with Crippen LogP contribution in [0.3, 0.4) is 0 Å². The lowest BCUT2D eigenvalue weighted by Gasteiger charge is -2.27. The molecule has 1 fully saturated rings. The number of halogens is 3. The summed E-state index contributed by atoms with van der Waals surface area (Å²) in [6.45, 7) is 8.09. The van der Waals surface area contributed by atoms with Gasteiger partial charge in [-0.05, 0) is 11.0 Å². The molecule has 2 aromatic rings. The Hall–Kier alpha value is -2.42. The van der Waals surface area contributed by atoms with Crippen LogP contribution in [0.4, 0.5) is 13.2 Å². The van der Waals surface area contributed by atoms with Crippen LogP contribution in [-0.2, 0) is 11.3 Å². The SMILES string of the molecule is CC(C)(C)Cn1nnc(OC(=O)C(F)(F)F)c1-c1ccc(C2CNC2)cc1. The predicted octanol–water partition coefficient (Wildman–Crippen LogP) is 3.15. The van der Waals surface area contributed by atoms with Gasteiger partial charge in [-0.3, -0.25) is 0 Å². The summed E-state index contributed by atoms with van der Waals surface area (Å²) in [5.41, 5.74) is 1.78. The first-order valence-electron chi connectivity index (χ1n) is 8.58. The number of ether oxygens (including phenoxy) is 1. The first kappa shape index (κ1) is 19.3. The highest BCUT2D eigenvalue weighted by Crippen LogP contribution is 2.33. The van der Waals surface area contributed by atoms with Crippen LogP contribution < -0.4 is 10.1 Å². The zero-order valence-electron chi connectivity index (χ0n) is 15.3. The number of nitrogens with one attached hydrogen (secondary N) is 1. The van der Waals surface area contributed by atoms with Crippen LogP contribution in [0.2, 0.25) is 0 Å². The number of aromatic nitrogens is 3. The average molecular weight is 382 g/mol. The summed E-state index contributed by atoms with van der Waals surface area (Å²) in [7, 11) is 0. The smallest absolute Gasteiger partial charge is 0.397 e. The van der Waals surface area contributed by atoms with Gasteiger partial charge in [-0.25, -0.2) is 9.48 Å². The third-order valence-electron chi connectivity index (χ3n) is 4.19. The third kappa shape index (κ3) is 4.47. The van der Waals surface area contributed by atoms with Crippen molar-refractivity contribution in [3.8, 4) is 17.1 Å². The van der Waals surface area contributed by atoms with Crippen molar-refractivity contribution in [3.63, 3.8) is 0 Å². The minimum absolute atomic E-state index is 0.203. The Morgan fingerprint density at radius 1 is 1.22 bits per heavy atom. The molecule has 0 unspecified atom stereocenters. The van der Waals surface area contributed by atoms with E-state index in [1.54, 1.807) is 12.1 Å². The van der Waals surface area contributed by atoms with Crippen LogP contribution in [0.1, 0.15) is 32.3 Å². The normalized spacial score (nSPS) is 15.5. The van der Waals surface area contributed by atoms with Gasteiger partial charge in [0.05, 0.1) is 0 Å². The lowest BCUT2D eigenvalue weighted by molar-refractivity contribution is -0.189. The minimum atomic E-state index is -5.11. The van der Waals surface area contributed by atoms with Gasteiger partial charge in [0.2, 0.25) is 0 Å². The highest BCUT2D eigenvalue weighted by molar-refractivity contribution is 5.79. The number of hydrogen-bond donors (Lipinski definition) is 1. The quantitative estimate of drug-likeness (QED) is 0.823. The highest BCUT2D eigenvalue weighted by Gasteiger charge is 2.42. The van der Waals surface area contributed by atoms with Gasteiger partial charge >= 0.3 is 12.1 Å². The summed E-state index contributed by atoms with van der Waals surface area (Å²) in [6, 6.07) is 7.42. The molecule has 1 aromatic carbocycles. The molecule has 0 saturated carbocycles. The molecular formula is C18H21F3N4O2.